The first-order chi connectivity index (χ1) is 11.5. The van der Waals surface area contributed by atoms with Crippen molar-refractivity contribution in [2.75, 3.05) is 6.81 Å². The molecule has 0 bridgehead atoms. The number of benzene rings is 1. The van der Waals surface area contributed by atoms with E-state index >= 15 is 0 Å². The van der Waals surface area contributed by atoms with Gasteiger partial charge in [0.05, 0.1) is 11.7 Å². The minimum absolute atomic E-state index is 0.111. The molecular formula is C17H12FN3O. The van der Waals surface area contributed by atoms with Crippen LogP contribution in [-0.2, 0) is 0 Å². The quantitative estimate of drug-likeness (QED) is 0.575. The zero-order valence-electron chi connectivity index (χ0n) is 13.4. The maximum Gasteiger partial charge on any atom is 0.228 e. The van der Waals surface area contributed by atoms with Gasteiger partial charge in [0.15, 0.2) is 0 Å². The van der Waals surface area contributed by atoms with Crippen molar-refractivity contribution in [2.45, 2.75) is 0 Å². The van der Waals surface area contributed by atoms with Crippen molar-refractivity contribution in [3.8, 4) is 11.6 Å². The number of nitrogens with zero attached hydrogens (tertiary/aromatic N) is 3. The van der Waals surface area contributed by atoms with E-state index in [2.05, 4.69) is 14.7 Å². The van der Waals surface area contributed by atoms with Gasteiger partial charge in [0, 0.05) is 29.4 Å². The fourth-order valence-corrected chi connectivity index (χ4v) is 2.52. The maximum absolute atomic E-state index is 13.0. The molecule has 0 saturated heterocycles. The third kappa shape index (κ3) is 2.07. The lowest BCUT2D eigenvalue weighted by atomic mass is 10.1. The number of fused-ring (bicyclic) bond motifs is 2. The van der Waals surface area contributed by atoms with Crippen LogP contribution in [0, 0.1) is 0 Å². The first-order valence-corrected chi connectivity index (χ1v) is 6.69. The van der Waals surface area contributed by atoms with Gasteiger partial charge < -0.3 is 4.74 Å². The highest BCUT2D eigenvalue weighted by Crippen LogP contribution is 2.24. The van der Waals surface area contributed by atoms with Crippen molar-refractivity contribution in [3.63, 3.8) is 0 Å². The number of rotatable bonds is 3. The molecule has 0 aliphatic carbocycles. The second-order valence-electron chi connectivity index (χ2n) is 4.85. The Morgan fingerprint density at radius 2 is 2.05 bits per heavy atom. The van der Waals surface area contributed by atoms with E-state index in [0.717, 1.165) is 27.5 Å². The topological polar surface area (TPSA) is 39.9 Å². The molecule has 5 heteroatoms. The Labute approximate surface area is 128 Å². The summed E-state index contributed by atoms with van der Waals surface area (Å²) in [6.07, 6.45) is 7.09. The molecule has 22 heavy (non-hydrogen) atoms. The van der Waals surface area contributed by atoms with Crippen molar-refractivity contribution >= 4 is 21.7 Å². The number of hydrogen-bond donors (Lipinski definition) is 0. The summed E-state index contributed by atoms with van der Waals surface area (Å²) in [4.78, 5) is 8.57. The molecule has 0 aliphatic rings. The molecule has 3 heterocycles. The van der Waals surface area contributed by atoms with Crippen LogP contribution in [0.2, 0.25) is 0 Å². The Balaban J connectivity index is 1.77. The molecule has 1 aromatic carbocycles. The van der Waals surface area contributed by atoms with Crippen LogP contribution in [0.25, 0.3) is 27.5 Å². The number of aromatic nitrogens is 3. The van der Waals surface area contributed by atoms with Gasteiger partial charge in [0.25, 0.3) is 0 Å². The summed E-state index contributed by atoms with van der Waals surface area (Å²) in [5.74, 6) is 0.847. The first-order valence-electron chi connectivity index (χ1n) is 7.69. The molecule has 4 aromatic rings. The standard InChI is InChI=1S/C17H12FN3O/c18-11-22-15-2-1-13-8-17(20-9-14(13)7-15)21-6-4-12-3-5-19-10-16(12)21/h1-10H,11H2/i11D2,18-1. The third-order valence-corrected chi connectivity index (χ3v) is 3.58. The number of halogens is 1. The smallest absolute Gasteiger partial charge is 0.228 e. The molecule has 0 atom stereocenters. The maximum atomic E-state index is 13.0. The Kier molecular flexibility index (Phi) is 2.49. The SMILES string of the molecule is [2H]C([2H])([18F])Oc1ccc2cc(-n3ccc4ccncc43)ncc2c1. The average molecular weight is 294 g/mol. The van der Waals surface area contributed by atoms with Crippen LogP contribution in [0.15, 0.2) is 61.2 Å². The molecule has 0 amide bonds. The molecule has 108 valence electrons. The van der Waals surface area contributed by atoms with E-state index < -0.39 is 6.81 Å². The van der Waals surface area contributed by atoms with Gasteiger partial charge in [-0.05, 0) is 35.7 Å². The normalized spacial score (nSPS) is 13.1. The van der Waals surface area contributed by atoms with Crippen LogP contribution < -0.4 is 4.74 Å². The molecule has 0 unspecified atom stereocenters. The van der Waals surface area contributed by atoms with E-state index in [0.29, 0.717) is 0 Å². The monoisotopic (exact) mass is 294 g/mol. The molecule has 0 radical (unpaired) electrons. The van der Waals surface area contributed by atoms with Crippen LogP contribution in [0.5, 0.6) is 5.75 Å². The summed E-state index contributed by atoms with van der Waals surface area (Å²) in [5, 5.41) is 2.69. The molecule has 0 spiro atoms. The minimum atomic E-state index is -3.21. The second kappa shape index (κ2) is 5.11. The highest BCUT2D eigenvalue weighted by molar-refractivity contribution is 5.86. The van der Waals surface area contributed by atoms with Crippen molar-refractivity contribution in [1.29, 1.82) is 0 Å². The Bertz CT molecular complexity index is 1040. The van der Waals surface area contributed by atoms with E-state index in [4.69, 9.17) is 2.74 Å². The highest BCUT2D eigenvalue weighted by atomic mass is 18.2. The van der Waals surface area contributed by atoms with Crippen molar-refractivity contribution in [2.24, 2.45) is 0 Å². The van der Waals surface area contributed by atoms with Gasteiger partial charge in [-0.15, -0.1) is 0 Å². The lowest BCUT2D eigenvalue weighted by Gasteiger charge is -2.07. The van der Waals surface area contributed by atoms with Crippen molar-refractivity contribution in [1.82, 2.24) is 14.5 Å². The zero-order valence-corrected chi connectivity index (χ0v) is 11.4. The summed E-state index contributed by atoms with van der Waals surface area (Å²) in [7, 11) is 0. The second-order valence-corrected chi connectivity index (χ2v) is 4.85. The number of ether oxygens (including phenoxy) is 1. The van der Waals surface area contributed by atoms with Crippen LogP contribution >= 0.6 is 0 Å². The highest BCUT2D eigenvalue weighted by Gasteiger charge is 2.06. The molecule has 0 fully saturated rings. The van der Waals surface area contributed by atoms with Gasteiger partial charge >= 0.3 is 0 Å². The van der Waals surface area contributed by atoms with E-state index in [1.165, 1.54) is 6.07 Å². The fraction of sp³-hybridized carbons (Fsp3) is 0.0588. The average Bonchev–Trinajstić information content (AvgIpc) is 2.97. The summed E-state index contributed by atoms with van der Waals surface area (Å²) in [6, 6.07) is 10.6. The van der Waals surface area contributed by atoms with Crippen LogP contribution in [-0.4, -0.2) is 21.3 Å². The van der Waals surface area contributed by atoms with Gasteiger partial charge in [0.1, 0.15) is 14.3 Å². The Morgan fingerprint density at radius 1 is 1.09 bits per heavy atom. The summed E-state index contributed by atoms with van der Waals surface area (Å²) >= 11 is 0. The van der Waals surface area contributed by atoms with Gasteiger partial charge in [-0.25, -0.2) is 9.37 Å². The lowest BCUT2D eigenvalue weighted by Crippen LogP contribution is -1.96. The largest absolute Gasteiger partial charge is 0.463 e. The third-order valence-electron chi connectivity index (χ3n) is 3.58. The molecule has 0 N–H and O–H groups in total. The fourth-order valence-electron chi connectivity index (χ4n) is 2.52. The van der Waals surface area contributed by atoms with E-state index in [-0.39, 0.29) is 5.75 Å². The first kappa shape index (κ1) is 10.7. The van der Waals surface area contributed by atoms with Crippen molar-refractivity contribution in [3.05, 3.63) is 61.2 Å². The Morgan fingerprint density at radius 3 is 2.95 bits per heavy atom. The molecule has 0 aliphatic heterocycles. The van der Waals surface area contributed by atoms with Crippen molar-refractivity contribution < 1.29 is 11.9 Å². The molecule has 4 rings (SSSR count). The predicted molar refractivity (Wildman–Crippen MR) is 83.0 cm³/mol. The van der Waals surface area contributed by atoms with E-state index in [1.807, 2.05) is 29.0 Å². The lowest BCUT2D eigenvalue weighted by molar-refractivity contribution is 0.192. The molecule has 0 saturated carbocycles. The van der Waals surface area contributed by atoms with Crippen LogP contribution in [0.3, 0.4) is 0 Å². The number of alkyl halides is 1. The van der Waals surface area contributed by atoms with E-state index in [1.54, 1.807) is 30.7 Å². The Hall–Kier alpha value is -2.95. The molecular weight excluding hydrogens is 280 g/mol. The number of pyridine rings is 2. The summed E-state index contributed by atoms with van der Waals surface area (Å²) in [6.45, 7) is -3.21. The van der Waals surface area contributed by atoms with Crippen LogP contribution in [0.1, 0.15) is 2.74 Å². The number of hydrogen-bond acceptors (Lipinski definition) is 3. The van der Waals surface area contributed by atoms with Gasteiger partial charge in [-0.3, -0.25) is 9.55 Å². The summed E-state index contributed by atoms with van der Waals surface area (Å²) < 4.78 is 33.2. The summed E-state index contributed by atoms with van der Waals surface area (Å²) in [5.41, 5.74) is 0.954. The van der Waals surface area contributed by atoms with E-state index in [9.17, 15) is 4.39 Å². The van der Waals surface area contributed by atoms with Gasteiger partial charge in [0.2, 0.25) is 6.81 Å². The van der Waals surface area contributed by atoms with Gasteiger partial charge in [-0.1, -0.05) is 6.07 Å². The zero-order chi connectivity index (χ0) is 16.7. The van der Waals surface area contributed by atoms with Gasteiger partial charge in [-0.2, -0.15) is 0 Å². The van der Waals surface area contributed by atoms with Crippen LogP contribution in [0.4, 0.5) is 4.39 Å². The molecule has 3 aromatic heterocycles. The molecule has 4 nitrogen and oxygen atoms in total. The predicted octanol–water partition coefficient (Wildman–Crippen LogP) is 3.88. The minimum Gasteiger partial charge on any atom is -0.463 e.